The molecule has 0 aromatic carbocycles. The lowest BCUT2D eigenvalue weighted by molar-refractivity contribution is -0.167. The summed E-state index contributed by atoms with van der Waals surface area (Å²) in [6, 6.07) is 0. The Morgan fingerprint density at radius 1 is 0.247 bits per heavy atom. The highest BCUT2D eigenvalue weighted by Gasteiger charge is 2.19. The highest BCUT2D eigenvalue weighted by atomic mass is 16.6. The number of carbonyl (C=O) groups is 3. The maximum Gasteiger partial charge on any atom is 0.306 e. The van der Waals surface area contributed by atoms with E-state index >= 15 is 0 Å². The van der Waals surface area contributed by atoms with Crippen LogP contribution < -0.4 is 0 Å². The predicted octanol–water partition coefficient (Wildman–Crippen LogP) is 25.1. The Bertz CT molecular complexity index is 1350. The molecule has 0 aromatic heterocycles. The van der Waals surface area contributed by atoms with Crippen molar-refractivity contribution in [3.05, 3.63) is 36.5 Å². The number of hydrogen-bond acceptors (Lipinski definition) is 6. The quantitative estimate of drug-likeness (QED) is 0.0261. The van der Waals surface area contributed by atoms with E-state index in [1.165, 1.54) is 289 Å². The van der Waals surface area contributed by atoms with Crippen LogP contribution in [0.2, 0.25) is 0 Å². The normalized spacial score (nSPS) is 12.2. The Morgan fingerprint density at radius 3 is 0.704 bits per heavy atom. The molecule has 0 heterocycles. The molecule has 0 aliphatic carbocycles. The van der Waals surface area contributed by atoms with Gasteiger partial charge in [0.15, 0.2) is 6.10 Å². The zero-order valence-corrected chi connectivity index (χ0v) is 54.8. The molecule has 0 radical (unpaired) electrons. The fraction of sp³-hybridized carbons (Fsp3) is 0.880. The van der Waals surface area contributed by atoms with Gasteiger partial charge in [-0.15, -0.1) is 0 Å². The largest absolute Gasteiger partial charge is 0.462 e. The molecule has 1 unspecified atom stereocenters. The molecule has 0 bridgehead atoms. The van der Waals surface area contributed by atoms with Gasteiger partial charge in [0.1, 0.15) is 13.2 Å². The Balaban J connectivity index is 4.24. The summed E-state index contributed by atoms with van der Waals surface area (Å²) in [6.45, 7) is 6.68. The van der Waals surface area contributed by atoms with E-state index in [1.807, 2.05) is 0 Å². The number of hydrogen-bond donors (Lipinski definition) is 0. The second-order valence-corrected chi connectivity index (χ2v) is 24.9. The summed E-state index contributed by atoms with van der Waals surface area (Å²) >= 11 is 0. The molecule has 0 saturated heterocycles. The van der Waals surface area contributed by atoms with E-state index in [1.54, 1.807) is 0 Å². The molecule has 0 amide bonds. The molecule has 6 nitrogen and oxygen atoms in total. The van der Waals surface area contributed by atoms with E-state index in [-0.39, 0.29) is 31.1 Å². The highest BCUT2D eigenvalue weighted by Crippen LogP contribution is 2.19. The standard InChI is InChI=1S/C75H140O6/c1-4-7-10-13-16-19-22-25-28-31-33-34-35-36-37-38-39-40-41-43-44-47-50-53-56-59-62-65-68-74(77)80-71-72(70-79-73(76)67-64-61-58-55-52-49-46-30-27-24-21-18-15-12-9-6-3)81-75(78)69-66-63-60-57-54-51-48-45-42-32-29-26-23-20-17-14-11-8-5-2/h21,24,26,29-30,46,72H,4-20,22-23,25,27-28,31-45,47-71H2,1-3H3/b24-21-,29-26-,46-30-. The minimum Gasteiger partial charge on any atom is -0.462 e. The zero-order chi connectivity index (χ0) is 58.5. The van der Waals surface area contributed by atoms with Gasteiger partial charge in [-0.2, -0.15) is 0 Å². The van der Waals surface area contributed by atoms with Crippen LogP contribution in [-0.4, -0.2) is 37.2 Å². The third kappa shape index (κ3) is 68.3. The van der Waals surface area contributed by atoms with Crippen LogP contribution in [0.25, 0.3) is 0 Å². The summed E-state index contributed by atoms with van der Waals surface area (Å²) in [5, 5.41) is 0. The fourth-order valence-corrected chi connectivity index (χ4v) is 11.1. The first-order chi connectivity index (χ1) is 40.0. The smallest absolute Gasteiger partial charge is 0.306 e. The van der Waals surface area contributed by atoms with Gasteiger partial charge in [-0.1, -0.05) is 346 Å². The Labute approximate surface area is 506 Å². The molecule has 476 valence electrons. The summed E-state index contributed by atoms with van der Waals surface area (Å²) in [7, 11) is 0. The van der Waals surface area contributed by atoms with Crippen molar-refractivity contribution in [1.82, 2.24) is 0 Å². The van der Waals surface area contributed by atoms with Crippen molar-refractivity contribution in [1.29, 1.82) is 0 Å². The van der Waals surface area contributed by atoms with E-state index < -0.39 is 6.10 Å². The maximum atomic E-state index is 13.0. The number of carbonyl (C=O) groups excluding carboxylic acids is 3. The van der Waals surface area contributed by atoms with Crippen molar-refractivity contribution >= 4 is 17.9 Å². The first-order valence-corrected chi connectivity index (χ1v) is 36.5. The van der Waals surface area contributed by atoms with Crippen LogP contribution in [0.3, 0.4) is 0 Å². The monoisotopic (exact) mass is 1140 g/mol. The molecule has 0 spiro atoms. The summed E-state index contributed by atoms with van der Waals surface area (Å²) in [5.74, 6) is -0.860. The lowest BCUT2D eigenvalue weighted by Gasteiger charge is -2.18. The Kier molecular flexibility index (Phi) is 68.1. The number of unbranched alkanes of at least 4 members (excludes halogenated alkanes) is 51. The third-order valence-corrected chi connectivity index (χ3v) is 16.6. The average molecular weight is 1140 g/mol. The number of rotatable bonds is 68. The molecule has 0 aliphatic heterocycles. The molecule has 0 aromatic rings. The Morgan fingerprint density at radius 2 is 0.444 bits per heavy atom. The summed E-state index contributed by atoms with van der Waals surface area (Å²) in [6.07, 6.45) is 87.5. The second-order valence-electron chi connectivity index (χ2n) is 24.9. The van der Waals surface area contributed by atoms with Crippen LogP contribution in [0.1, 0.15) is 406 Å². The first kappa shape index (κ1) is 78.6. The molecule has 0 N–H and O–H groups in total. The van der Waals surface area contributed by atoms with Crippen molar-refractivity contribution < 1.29 is 28.6 Å². The van der Waals surface area contributed by atoms with Gasteiger partial charge in [-0.25, -0.2) is 0 Å². The van der Waals surface area contributed by atoms with Crippen LogP contribution in [-0.2, 0) is 28.6 Å². The van der Waals surface area contributed by atoms with Gasteiger partial charge < -0.3 is 14.2 Å². The van der Waals surface area contributed by atoms with Gasteiger partial charge >= 0.3 is 17.9 Å². The summed E-state index contributed by atoms with van der Waals surface area (Å²) < 4.78 is 17.0. The molecule has 0 aliphatic rings. The summed E-state index contributed by atoms with van der Waals surface area (Å²) in [4.78, 5) is 38.5. The lowest BCUT2D eigenvalue weighted by Crippen LogP contribution is -2.30. The lowest BCUT2D eigenvalue weighted by atomic mass is 10.0. The van der Waals surface area contributed by atoms with Crippen molar-refractivity contribution in [2.24, 2.45) is 0 Å². The predicted molar refractivity (Wildman–Crippen MR) is 353 cm³/mol. The minimum absolute atomic E-state index is 0.0728. The molecule has 81 heavy (non-hydrogen) atoms. The van der Waals surface area contributed by atoms with Crippen LogP contribution in [0, 0.1) is 0 Å². The molecule has 6 heteroatoms. The first-order valence-electron chi connectivity index (χ1n) is 36.5. The van der Waals surface area contributed by atoms with Crippen molar-refractivity contribution in [2.45, 2.75) is 412 Å². The molecule has 0 saturated carbocycles. The van der Waals surface area contributed by atoms with Crippen LogP contribution in [0.15, 0.2) is 36.5 Å². The fourth-order valence-electron chi connectivity index (χ4n) is 11.1. The van der Waals surface area contributed by atoms with Gasteiger partial charge in [-0.3, -0.25) is 14.4 Å². The average Bonchev–Trinajstić information content (AvgIpc) is 3.47. The molecule has 0 fully saturated rings. The summed E-state index contributed by atoms with van der Waals surface area (Å²) in [5.41, 5.74) is 0. The van der Waals surface area contributed by atoms with Gasteiger partial charge in [-0.05, 0) is 77.0 Å². The molecule has 0 rings (SSSR count). The van der Waals surface area contributed by atoms with Gasteiger partial charge in [0, 0.05) is 19.3 Å². The van der Waals surface area contributed by atoms with Crippen LogP contribution >= 0.6 is 0 Å². The number of allylic oxidation sites excluding steroid dienone is 6. The molecule has 1 atom stereocenters. The minimum atomic E-state index is -0.779. The topological polar surface area (TPSA) is 78.9 Å². The van der Waals surface area contributed by atoms with Crippen molar-refractivity contribution in [3.63, 3.8) is 0 Å². The van der Waals surface area contributed by atoms with E-state index in [0.29, 0.717) is 19.3 Å². The van der Waals surface area contributed by atoms with E-state index in [0.717, 1.165) is 77.0 Å². The second kappa shape index (κ2) is 70.1. The van der Waals surface area contributed by atoms with Crippen molar-refractivity contribution in [3.8, 4) is 0 Å². The van der Waals surface area contributed by atoms with Gasteiger partial charge in [0.2, 0.25) is 0 Å². The van der Waals surface area contributed by atoms with Crippen molar-refractivity contribution in [2.75, 3.05) is 13.2 Å². The molecular weight excluding hydrogens is 997 g/mol. The number of ether oxygens (including phenoxy) is 3. The highest BCUT2D eigenvalue weighted by molar-refractivity contribution is 5.71. The SMILES string of the molecule is CCCCCC/C=C\C/C=C\CCCCCCCC(=O)OCC(COC(=O)CCCCCCCCCCCCCCCCCCCCCCCCCCCCCC)OC(=O)CCCCCCCCCCC/C=C\CCCCCCCC. The maximum absolute atomic E-state index is 13.0. The van der Waals surface area contributed by atoms with Crippen LogP contribution in [0.4, 0.5) is 0 Å². The van der Waals surface area contributed by atoms with Gasteiger partial charge in [0.25, 0.3) is 0 Å². The van der Waals surface area contributed by atoms with Crippen LogP contribution in [0.5, 0.6) is 0 Å². The van der Waals surface area contributed by atoms with E-state index in [4.69, 9.17) is 14.2 Å². The zero-order valence-electron chi connectivity index (χ0n) is 54.8. The number of esters is 3. The van der Waals surface area contributed by atoms with E-state index in [9.17, 15) is 14.4 Å². The Hall–Kier alpha value is -2.37. The van der Waals surface area contributed by atoms with Gasteiger partial charge in [0.05, 0.1) is 0 Å². The van der Waals surface area contributed by atoms with E-state index in [2.05, 4.69) is 57.2 Å². The third-order valence-electron chi connectivity index (χ3n) is 16.6. The molecular formula is C75H140O6.